The highest BCUT2D eigenvalue weighted by atomic mass is 28.3. The van der Waals surface area contributed by atoms with Crippen LogP contribution in [0.5, 0.6) is 0 Å². The Morgan fingerprint density at radius 1 is 0.346 bits per heavy atom. The summed E-state index contributed by atoms with van der Waals surface area (Å²) in [6.07, 6.45) is 0. The first-order chi connectivity index (χ1) is 24.0. The molecule has 0 bridgehead atoms. The molecule has 4 rings (SSSR count). The van der Waals surface area contributed by atoms with Gasteiger partial charge in [0.1, 0.15) is 0 Å². The summed E-state index contributed by atoms with van der Waals surface area (Å²) in [5.74, 6) is 0. The second-order valence-corrected chi connectivity index (χ2v) is 20.7. The fraction of sp³-hybridized carbons (Fsp3) is 0.511. The first-order valence-electron chi connectivity index (χ1n) is 18.8. The maximum absolute atomic E-state index is 3.14. The monoisotopic (exact) mass is 723 g/mol. The lowest BCUT2D eigenvalue weighted by Crippen LogP contribution is -2.72. The quantitative estimate of drug-likeness (QED) is 0.159. The van der Waals surface area contributed by atoms with Crippen molar-refractivity contribution in [2.75, 3.05) is 114 Å². The van der Waals surface area contributed by atoms with E-state index in [1.165, 1.54) is 105 Å². The molecular weight excluding hydrogens is 653 g/mol. The Morgan fingerprint density at radius 2 is 0.577 bits per heavy atom. The summed E-state index contributed by atoms with van der Waals surface area (Å²) in [4.78, 5) is 14.1. The van der Waals surface area contributed by atoms with Gasteiger partial charge >= 0.3 is 0 Å². The number of hydrogen-bond donors (Lipinski definition) is 0. The molecule has 1 aliphatic rings. The van der Waals surface area contributed by atoms with E-state index < -0.39 is 8.07 Å². The second kappa shape index (κ2) is 14.5. The van der Waals surface area contributed by atoms with Gasteiger partial charge in [-0.2, -0.15) is 0 Å². The minimum atomic E-state index is -3.14. The van der Waals surface area contributed by atoms with Gasteiger partial charge in [-0.1, -0.05) is 11.1 Å². The summed E-state index contributed by atoms with van der Waals surface area (Å²) in [6.45, 7) is 23.8. The Bertz CT molecular complexity index is 1750. The van der Waals surface area contributed by atoms with E-state index in [1.54, 1.807) is 0 Å². The molecule has 0 saturated heterocycles. The van der Waals surface area contributed by atoms with Crippen molar-refractivity contribution < 1.29 is 0 Å². The third kappa shape index (κ3) is 6.11. The van der Waals surface area contributed by atoms with Crippen LogP contribution >= 0.6 is 0 Å². The van der Waals surface area contributed by atoms with E-state index in [9.17, 15) is 0 Å². The molecule has 0 heterocycles. The maximum Gasteiger partial charge on any atom is 0.160 e. The highest BCUT2D eigenvalue weighted by Crippen LogP contribution is 2.50. The molecule has 0 aliphatic heterocycles. The van der Waals surface area contributed by atoms with Crippen LogP contribution < -0.4 is 45.0 Å². The Hall–Kier alpha value is -3.84. The largest absolute Gasteiger partial charge is 0.377 e. The van der Waals surface area contributed by atoms with E-state index in [0.717, 1.165) is 0 Å². The van der Waals surface area contributed by atoms with Gasteiger partial charge in [0.15, 0.2) is 8.07 Å². The van der Waals surface area contributed by atoms with E-state index in [-0.39, 0.29) is 5.54 Å². The lowest BCUT2D eigenvalue weighted by molar-refractivity contribution is 1.05. The standard InChI is InChI=1S/C45H70N6Si/c1-26-27(2)29(4)45(28(26)3)52(39-23-36(46(11)12)30(5)42(33(39)8)49(17)18,40-24-37(47(13)14)31(6)43(34(40)9)50(19)20)41-25-38(48(15)16)32(7)44(35(41)10)51(21)22/h23-25,45H,1-22H3. The molecule has 7 heteroatoms. The van der Waals surface area contributed by atoms with E-state index in [1.807, 2.05) is 0 Å². The highest BCUT2D eigenvalue weighted by molar-refractivity contribution is 7.14. The highest BCUT2D eigenvalue weighted by Gasteiger charge is 2.54. The Morgan fingerprint density at radius 3 is 0.769 bits per heavy atom. The van der Waals surface area contributed by atoms with Crippen LogP contribution in [-0.4, -0.2) is 92.6 Å². The number of benzene rings is 3. The third-order valence-electron chi connectivity index (χ3n) is 12.4. The van der Waals surface area contributed by atoms with Crippen LogP contribution in [-0.2, 0) is 0 Å². The molecule has 0 spiro atoms. The van der Waals surface area contributed by atoms with Crippen molar-refractivity contribution >= 4 is 57.8 Å². The summed E-state index contributed by atoms with van der Waals surface area (Å²) in [7, 11) is 23.4. The zero-order valence-corrected chi connectivity index (χ0v) is 38.0. The fourth-order valence-corrected chi connectivity index (χ4v) is 16.9. The summed E-state index contributed by atoms with van der Waals surface area (Å²) in [6, 6.07) is 7.84. The molecule has 0 aromatic heterocycles. The van der Waals surface area contributed by atoms with Crippen molar-refractivity contribution in [2.24, 2.45) is 0 Å². The number of allylic oxidation sites excluding steroid dienone is 4. The summed E-state index contributed by atoms with van der Waals surface area (Å²) >= 11 is 0. The van der Waals surface area contributed by atoms with Crippen LogP contribution in [0.15, 0.2) is 40.5 Å². The molecule has 0 unspecified atom stereocenters. The van der Waals surface area contributed by atoms with E-state index >= 15 is 0 Å². The average molecular weight is 723 g/mol. The van der Waals surface area contributed by atoms with Gasteiger partial charge in [0, 0.05) is 124 Å². The normalized spacial score (nSPS) is 13.7. The predicted molar refractivity (Wildman–Crippen MR) is 239 cm³/mol. The molecule has 0 amide bonds. The van der Waals surface area contributed by atoms with Gasteiger partial charge in [0.05, 0.1) is 0 Å². The smallest absolute Gasteiger partial charge is 0.160 e. The van der Waals surface area contributed by atoms with Crippen molar-refractivity contribution in [3.63, 3.8) is 0 Å². The SMILES string of the molecule is CC1=C(C)C([Si](c2cc(N(C)C)c(C)c(N(C)C)c2C)(c2cc(N(C)C)c(C)c(N(C)C)c2C)c2cc(N(C)C)c(C)c(N(C)C)c2C)C(C)=C1C. The first kappa shape index (κ1) is 40.9. The van der Waals surface area contributed by atoms with Gasteiger partial charge < -0.3 is 29.4 Å². The van der Waals surface area contributed by atoms with Crippen molar-refractivity contribution in [3.05, 3.63) is 73.9 Å². The Kier molecular flexibility index (Phi) is 11.4. The predicted octanol–water partition coefficient (Wildman–Crippen LogP) is 7.46. The van der Waals surface area contributed by atoms with Crippen molar-refractivity contribution in [3.8, 4) is 0 Å². The van der Waals surface area contributed by atoms with Gasteiger partial charge in [-0.05, 0) is 148 Å². The molecule has 6 nitrogen and oxygen atoms in total. The van der Waals surface area contributed by atoms with Crippen LogP contribution in [0.3, 0.4) is 0 Å². The lowest BCUT2D eigenvalue weighted by Gasteiger charge is -2.46. The van der Waals surface area contributed by atoms with Gasteiger partial charge in [-0.15, -0.1) is 0 Å². The van der Waals surface area contributed by atoms with Crippen LogP contribution in [0.4, 0.5) is 34.1 Å². The van der Waals surface area contributed by atoms with Crippen LogP contribution in [0, 0.1) is 41.5 Å². The van der Waals surface area contributed by atoms with Gasteiger partial charge in [0.25, 0.3) is 0 Å². The lowest BCUT2D eigenvalue weighted by atomic mass is 10.0. The molecule has 0 radical (unpaired) electrons. The van der Waals surface area contributed by atoms with Gasteiger partial charge in [-0.25, -0.2) is 0 Å². The Labute approximate surface area is 319 Å². The minimum absolute atomic E-state index is 0.219. The zero-order chi connectivity index (χ0) is 39.6. The van der Waals surface area contributed by atoms with E-state index in [4.69, 9.17) is 0 Å². The summed E-state index contributed by atoms with van der Waals surface area (Å²) in [5, 5.41) is 4.50. The first-order valence-corrected chi connectivity index (χ1v) is 20.9. The Balaban J connectivity index is 2.63. The molecule has 0 fully saturated rings. The second-order valence-electron chi connectivity index (χ2n) is 16.8. The molecule has 3 aromatic rings. The number of nitrogens with zero attached hydrogens (tertiary/aromatic N) is 6. The molecule has 284 valence electrons. The molecule has 0 N–H and O–H groups in total. The molecule has 3 aromatic carbocycles. The summed E-state index contributed by atoms with van der Waals surface area (Å²) < 4.78 is 0. The van der Waals surface area contributed by atoms with Crippen molar-refractivity contribution in [1.29, 1.82) is 0 Å². The molecule has 52 heavy (non-hydrogen) atoms. The molecular formula is C45H70N6Si. The topological polar surface area (TPSA) is 19.4 Å². The molecule has 0 atom stereocenters. The molecule has 0 saturated carbocycles. The number of anilines is 6. The van der Waals surface area contributed by atoms with Gasteiger partial charge in [0.2, 0.25) is 0 Å². The maximum atomic E-state index is 2.61. The minimum Gasteiger partial charge on any atom is -0.377 e. The average Bonchev–Trinajstić information content (AvgIpc) is 3.20. The zero-order valence-electron chi connectivity index (χ0n) is 37.0. The van der Waals surface area contributed by atoms with Crippen molar-refractivity contribution in [1.82, 2.24) is 0 Å². The van der Waals surface area contributed by atoms with Crippen LogP contribution in [0.25, 0.3) is 0 Å². The van der Waals surface area contributed by atoms with E-state index in [0.29, 0.717) is 0 Å². The third-order valence-corrected chi connectivity index (χ3v) is 18.3. The van der Waals surface area contributed by atoms with Gasteiger partial charge in [-0.3, -0.25) is 0 Å². The van der Waals surface area contributed by atoms with Crippen molar-refractivity contribution in [2.45, 2.75) is 74.8 Å². The van der Waals surface area contributed by atoms with Crippen LogP contribution in [0.2, 0.25) is 5.54 Å². The van der Waals surface area contributed by atoms with E-state index in [2.05, 4.69) is 201 Å². The fourth-order valence-electron chi connectivity index (χ4n) is 10.2. The number of rotatable bonds is 10. The number of hydrogen-bond acceptors (Lipinski definition) is 6. The molecule has 1 aliphatic carbocycles. The van der Waals surface area contributed by atoms with Crippen LogP contribution in [0.1, 0.15) is 61.1 Å². The summed E-state index contributed by atoms with van der Waals surface area (Å²) in [5.41, 5.74) is 22.1.